The molecule has 0 fully saturated rings. The molecule has 162 valence electrons. The van der Waals surface area contributed by atoms with Crippen LogP contribution in [0.2, 0.25) is 5.02 Å². The number of hydrogen-bond acceptors (Lipinski definition) is 7. The molecule has 0 saturated carbocycles. The second-order valence-electron chi connectivity index (χ2n) is 8.19. The minimum absolute atomic E-state index is 0.0397. The van der Waals surface area contributed by atoms with Crippen LogP contribution in [0.25, 0.3) is 0 Å². The maximum absolute atomic E-state index is 13.1. The molecule has 0 aromatic carbocycles. The van der Waals surface area contributed by atoms with Gasteiger partial charge in [0, 0.05) is 36.4 Å². The Morgan fingerprint density at radius 2 is 2.17 bits per heavy atom. The third kappa shape index (κ3) is 4.35. The fourth-order valence-electron chi connectivity index (χ4n) is 4.05. The molecule has 0 radical (unpaired) electrons. The van der Waals surface area contributed by atoms with E-state index in [4.69, 9.17) is 26.8 Å². The monoisotopic (exact) mass is 435 g/mol. The molecule has 0 amide bonds. The summed E-state index contributed by atoms with van der Waals surface area (Å²) in [7, 11) is 1.45. The summed E-state index contributed by atoms with van der Waals surface area (Å²) < 4.78 is 10.6. The maximum Gasteiger partial charge on any atom is 0.334 e. The Balaban J connectivity index is 2.17. The van der Waals surface area contributed by atoms with Crippen molar-refractivity contribution in [2.75, 3.05) is 26.9 Å². The van der Waals surface area contributed by atoms with Crippen LogP contribution in [0.5, 0.6) is 5.88 Å². The average molecular weight is 436 g/mol. The van der Waals surface area contributed by atoms with Crippen molar-refractivity contribution in [2.24, 2.45) is 11.1 Å². The summed E-state index contributed by atoms with van der Waals surface area (Å²) in [6, 6.07) is 1.60. The molecular weight excluding hydrogens is 410 g/mol. The molecule has 8 nitrogen and oxygen atoms in total. The quantitative estimate of drug-likeness (QED) is 0.558. The Morgan fingerprint density at radius 1 is 1.43 bits per heavy atom. The molecule has 2 heterocycles. The number of dihydropyridines is 1. The number of carbonyl (C=O) groups excluding carboxylic acids is 1. The zero-order chi connectivity index (χ0) is 22.1. The number of aliphatic carboxylic acids is 1. The van der Waals surface area contributed by atoms with E-state index in [9.17, 15) is 14.7 Å². The Kier molecular flexibility index (Phi) is 6.50. The van der Waals surface area contributed by atoms with Crippen LogP contribution in [0.1, 0.15) is 38.2 Å². The smallest absolute Gasteiger partial charge is 0.334 e. The summed E-state index contributed by atoms with van der Waals surface area (Å²) in [6.45, 7) is 4.67. The van der Waals surface area contributed by atoms with E-state index in [-0.39, 0.29) is 40.9 Å². The first-order chi connectivity index (χ1) is 14.2. The summed E-state index contributed by atoms with van der Waals surface area (Å²) >= 11 is 6.27. The number of carbonyl (C=O) groups is 2. The summed E-state index contributed by atoms with van der Waals surface area (Å²) in [5.74, 6) is -1.82. The standard InChI is InChI=1S/C21H26ClN3O5/c1-21(2)7-13-17(15(26)8-21)16(11-6-12(22)19(29-3)24-9-11)18(20(27)28)14(25-13)10-30-5-4-23/h6,9,16,25H,4-5,7-8,10,23H2,1-3H3,(H,27,28). The van der Waals surface area contributed by atoms with Gasteiger partial charge in [-0.05, 0) is 23.5 Å². The van der Waals surface area contributed by atoms with Gasteiger partial charge in [-0.1, -0.05) is 25.4 Å². The Bertz CT molecular complexity index is 939. The summed E-state index contributed by atoms with van der Waals surface area (Å²) in [5, 5.41) is 13.5. The number of nitrogens with one attached hydrogen (secondary N) is 1. The lowest BCUT2D eigenvalue weighted by Gasteiger charge is -2.39. The molecule has 0 saturated heterocycles. The zero-order valence-electron chi connectivity index (χ0n) is 17.3. The molecule has 30 heavy (non-hydrogen) atoms. The molecule has 0 spiro atoms. The van der Waals surface area contributed by atoms with Gasteiger partial charge in [-0.3, -0.25) is 4.79 Å². The van der Waals surface area contributed by atoms with Crippen LogP contribution in [0.15, 0.2) is 34.8 Å². The predicted octanol–water partition coefficient (Wildman–Crippen LogP) is 2.39. The van der Waals surface area contributed by atoms with Gasteiger partial charge < -0.3 is 25.6 Å². The van der Waals surface area contributed by atoms with Gasteiger partial charge in [-0.2, -0.15) is 0 Å². The first kappa shape index (κ1) is 22.3. The van der Waals surface area contributed by atoms with Crippen molar-refractivity contribution in [3.63, 3.8) is 0 Å². The van der Waals surface area contributed by atoms with Crippen molar-refractivity contribution in [2.45, 2.75) is 32.6 Å². The van der Waals surface area contributed by atoms with Crippen LogP contribution in [0.3, 0.4) is 0 Å². The van der Waals surface area contributed by atoms with Crippen LogP contribution >= 0.6 is 11.6 Å². The minimum Gasteiger partial charge on any atom is -0.480 e. The van der Waals surface area contributed by atoms with Crippen LogP contribution in [-0.2, 0) is 14.3 Å². The molecule has 1 aliphatic carbocycles. The summed E-state index contributed by atoms with van der Waals surface area (Å²) in [6.07, 6.45) is 2.43. The molecule has 1 atom stereocenters. The molecule has 2 aliphatic rings. The number of methoxy groups -OCH3 is 1. The molecule has 9 heteroatoms. The van der Waals surface area contributed by atoms with Crippen molar-refractivity contribution in [3.05, 3.63) is 45.4 Å². The normalized spacial score (nSPS) is 20.7. The van der Waals surface area contributed by atoms with Crippen molar-refractivity contribution in [1.29, 1.82) is 0 Å². The second kappa shape index (κ2) is 8.75. The van der Waals surface area contributed by atoms with Crippen LogP contribution in [0.4, 0.5) is 0 Å². The van der Waals surface area contributed by atoms with Crippen molar-refractivity contribution in [3.8, 4) is 5.88 Å². The first-order valence-corrected chi connectivity index (χ1v) is 10.0. The van der Waals surface area contributed by atoms with Crippen molar-refractivity contribution >= 4 is 23.4 Å². The SMILES string of the molecule is COc1ncc(C2C(C(=O)O)=C(COCCN)NC3=C2C(=O)CC(C)(C)C3)cc1Cl. The third-order valence-electron chi connectivity index (χ3n) is 5.22. The zero-order valence-corrected chi connectivity index (χ0v) is 18.0. The first-order valence-electron chi connectivity index (χ1n) is 9.65. The van der Waals surface area contributed by atoms with E-state index in [0.29, 0.717) is 41.9 Å². The lowest BCUT2D eigenvalue weighted by Crippen LogP contribution is -2.40. The van der Waals surface area contributed by atoms with Crippen LogP contribution in [0, 0.1) is 5.41 Å². The average Bonchev–Trinajstić information content (AvgIpc) is 2.65. The molecule has 3 rings (SSSR count). The van der Waals surface area contributed by atoms with Crippen molar-refractivity contribution < 1.29 is 24.2 Å². The number of carboxylic acids is 1. The van der Waals surface area contributed by atoms with Crippen LogP contribution in [-0.4, -0.2) is 48.7 Å². The van der Waals surface area contributed by atoms with E-state index in [1.807, 2.05) is 13.8 Å². The Hall–Kier alpha value is -2.42. The van der Waals surface area contributed by atoms with E-state index >= 15 is 0 Å². The number of halogens is 1. The number of nitrogens with zero attached hydrogens (tertiary/aromatic N) is 1. The minimum atomic E-state index is -1.14. The van der Waals surface area contributed by atoms with E-state index in [1.54, 1.807) is 6.07 Å². The van der Waals surface area contributed by atoms with Gasteiger partial charge in [0.1, 0.15) is 5.02 Å². The van der Waals surface area contributed by atoms with Gasteiger partial charge in [0.25, 0.3) is 0 Å². The molecule has 1 unspecified atom stereocenters. The summed E-state index contributed by atoms with van der Waals surface area (Å²) in [4.78, 5) is 29.6. The molecule has 1 aliphatic heterocycles. The van der Waals surface area contributed by atoms with Crippen LogP contribution < -0.4 is 15.8 Å². The van der Waals surface area contributed by atoms with E-state index in [1.165, 1.54) is 13.3 Å². The number of aromatic nitrogens is 1. The van der Waals surface area contributed by atoms with E-state index in [2.05, 4.69) is 10.3 Å². The van der Waals surface area contributed by atoms with E-state index < -0.39 is 11.9 Å². The summed E-state index contributed by atoms with van der Waals surface area (Å²) in [5.41, 5.74) is 7.36. The fourth-order valence-corrected chi connectivity index (χ4v) is 4.31. The number of carboxylic acid groups (broad SMARTS) is 1. The molecule has 1 aromatic heterocycles. The molecule has 1 aromatic rings. The largest absolute Gasteiger partial charge is 0.480 e. The highest BCUT2D eigenvalue weighted by molar-refractivity contribution is 6.31. The lowest BCUT2D eigenvalue weighted by molar-refractivity contribution is -0.133. The van der Waals surface area contributed by atoms with Gasteiger partial charge in [0.15, 0.2) is 5.78 Å². The van der Waals surface area contributed by atoms with Gasteiger partial charge in [-0.15, -0.1) is 0 Å². The Morgan fingerprint density at radius 3 is 2.77 bits per heavy atom. The number of allylic oxidation sites excluding steroid dienone is 2. The lowest BCUT2D eigenvalue weighted by atomic mass is 9.69. The topological polar surface area (TPSA) is 124 Å². The number of pyridine rings is 1. The maximum atomic E-state index is 13.1. The number of hydrogen-bond donors (Lipinski definition) is 3. The molecule has 4 N–H and O–H groups in total. The molecule has 0 bridgehead atoms. The van der Waals surface area contributed by atoms with Gasteiger partial charge in [-0.25, -0.2) is 9.78 Å². The van der Waals surface area contributed by atoms with Gasteiger partial charge in [0.05, 0.1) is 31.6 Å². The highest BCUT2D eigenvalue weighted by Gasteiger charge is 2.43. The van der Waals surface area contributed by atoms with Gasteiger partial charge >= 0.3 is 5.97 Å². The predicted molar refractivity (Wildman–Crippen MR) is 111 cm³/mol. The van der Waals surface area contributed by atoms with Gasteiger partial charge in [0.2, 0.25) is 5.88 Å². The number of Topliss-reactive ketones (excluding diaryl/α,β-unsaturated/α-hetero) is 1. The number of rotatable bonds is 7. The number of nitrogens with two attached hydrogens (primary N) is 1. The van der Waals surface area contributed by atoms with E-state index in [0.717, 1.165) is 0 Å². The molecular formula is C21H26ClN3O5. The highest BCUT2D eigenvalue weighted by atomic mass is 35.5. The fraction of sp³-hybridized carbons (Fsp3) is 0.476. The highest BCUT2D eigenvalue weighted by Crippen LogP contribution is 2.47. The third-order valence-corrected chi connectivity index (χ3v) is 5.49. The number of ether oxygens (including phenoxy) is 2. The number of ketones is 1. The Labute approximate surface area is 180 Å². The second-order valence-corrected chi connectivity index (χ2v) is 8.60. The van der Waals surface area contributed by atoms with Crippen molar-refractivity contribution in [1.82, 2.24) is 10.3 Å².